The molecule has 0 bridgehead atoms. The largest absolute Gasteiger partial charge is 0.481 e. The first kappa shape index (κ1) is 10.6. The molecule has 1 N–H and O–H groups in total. The van der Waals surface area contributed by atoms with E-state index in [4.69, 9.17) is 0 Å². The standard InChI is InChI=1S/C11H20O2/c1-8-5-6-10(2,3)7-11(8,4)9(12)13/h8H,5-7H2,1-4H3,(H,12,13). The summed E-state index contributed by atoms with van der Waals surface area (Å²) in [5.41, 5.74) is -0.318. The SMILES string of the molecule is CC1CCC(C)(C)CC1(C)C(=O)O. The Morgan fingerprint density at radius 1 is 1.38 bits per heavy atom. The van der Waals surface area contributed by atoms with E-state index in [-0.39, 0.29) is 5.41 Å². The first-order chi connectivity index (χ1) is 5.78. The van der Waals surface area contributed by atoms with Crippen molar-refractivity contribution in [1.82, 2.24) is 0 Å². The molecule has 0 amide bonds. The van der Waals surface area contributed by atoms with Crippen LogP contribution in [0.15, 0.2) is 0 Å². The summed E-state index contributed by atoms with van der Waals surface area (Å²) in [6.45, 7) is 8.28. The van der Waals surface area contributed by atoms with E-state index in [9.17, 15) is 9.90 Å². The van der Waals surface area contributed by atoms with Gasteiger partial charge in [-0.1, -0.05) is 20.8 Å². The minimum Gasteiger partial charge on any atom is -0.481 e. The van der Waals surface area contributed by atoms with Gasteiger partial charge in [-0.3, -0.25) is 4.79 Å². The van der Waals surface area contributed by atoms with Crippen LogP contribution in [0.3, 0.4) is 0 Å². The number of hydrogen-bond donors (Lipinski definition) is 1. The van der Waals surface area contributed by atoms with Gasteiger partial charge in [-0.05, 0) is 37.5 Å². The molecule has 1 rings (SSSR count). The van der Waals surface area contributed by atoms with Gasteiger partial charge in [0, 0.05) is 0 Å². The van der Waals surface area contributed by atoms with Crippen LogP contribution in [-0.4, -0.2) is 11.1 Å². The van der Waals surface area contributed by atoms with Crippen LogP contribution in [-0.2, 0) is 4.79 Å². The molecule has 2 atom stereocenters. The van der Waals surface area contributed by atoms with Gasteiger partial charge in [0.1, 0.15) is 0 Å². The molecule has 0 aromatic heterocycles. The van der Waals surface area contributed by atoms with Crippen molar-refractivity contribution in [3.05, 3.63) is 0 Å². The van der Waals surface area contributed by atoms with Crippen molar-refractivity contribution in [2.45, 2.75) is 47.0 Å². The fourth-order valence-electron chi connectivity index (χ4n) is 2.47. The number of rotatable bonds is 1. The third-order valence-electron chi connectivity index (χ3n) is 3.68. The average Bonchev–Trinajstić information content (AvgIpc) is 1.97. The number of carbonyl (C=O) groups is 1. The fourth-order valence-corrected chi connectivity index (χ4v) is 2.47. The van der Waals surface area contributed by atoms with E-state index in [0.717, 1.165) is 19.3 Å². The van der Waals surface area contributed by atoms with Crippen molar-refractivity contribution in [2.75, 3.05) is 0 Å². The second-order valence-corrected chi connectivity index (χ2v) is 5.50. The van der Waals surface area contributed by atoms with Crippen LogP contribution in [0.25, 0.3) is 0 Å². The van der Waals surface area contributed by atoms with Gasteiger partial charge < -0.3 is 5.11 Å². The molecule has 0 spiro atoms. The van der Waals surface area contributed by atoms with Gasteiger partial charge in [0.15, 0.2) is 0 Å². The van der Waals surface area contributed by atoms with Gasteiger partial charge in [0.25, 0.3) is 0 Å². The lowest BCUT2D eigenvalue weighted by Gasteiger charge is -2.44. The molecular weight excluding hydrogens is 164 g/mol. The summed E-state index contributed by atoms with van der Waals surface area (Å²) in [4.78, 5) is 11.2. The second kappa shape index (κ2) is 3.00. The van der Waals surface area contributed by atoms with Crippen LogP contribution < -0.4 is 0 Å². The van der Waals surface area contributed by atoms with Gasteiger partial charge in [0.2, 0.25) is 0 Å². The molecule has 0 radical (unpaired) electrons. The minimum atomic E-state index is -0.632. The molecule has 0 saturated heterocycles. The summed E-state index contributed by atoms with van der Waals surface area (Å²) in [6.07, 6.45) is 2.99. The summed E-state index contributed by atoms with van der Waals surface area (Å²) >= 11 is 0. The number of hydrogen-bond acceptors (Lipinski definition) is 1. The molecule has 2 heteroatoms. The maximum absolute atomic E-state index is 11.2. The van der Waals surface area contributed by atoms with Crippen molar-refractivity contribution >= 4 is 5.97 Å². The summed E-state index contributed by atoms with van der Waals surface area (Å²) in [6, 6.07) is 0. The lowest BCUT2D eigenvalue weighted by Crippen LogP contribution is -2.42. The lowest BCUT2D eigenvalue weighted by molar-refractivity contribution is -0.156. The monoisotopic (exact) mass is 184 g/mol. The minimum absolute atomic E-state index is 0.194. The van der Waals surface area contributed by atoms with E-state index in [1.54, 1.807) is 0 Å². The first-order valence-corrected chi connectivity index (χ1v) is 5.01. The van der Waals surface area contributed by atoms with Crippen molar-refractivity contribution in [3.63, 3.8) is 0 Å². The highest BCUT2D eigenvalue weighted by atomic mass is 16.4. The van der Waals surface area contributed by atoms with E-state index in [1.807, 2.05) is 6.92 Å². The van der Waals surface area contributed by atoms with Gasteiger partial charge in [0.05, 0.1) is 5.41 Å². The van der Waals surface area contributed by atoms with E-state index in [0.29, 0.717) is 5.92 Å². The molecule has 1 aliphatic rings. The predicted octanol–water partition coefficient (Wildman–Crippen LogP) is 2.92. The van der Waals surface area contributed by atoms with Gasteiger partial charge in [-0.25, -0.2) is 0 Å². The van der Waals surface area contributed by atoms with Gasteiger partial charge in [-0.15, -0.1) is 0 Å². The molecule has 76 valence electrons. The maximum atomic E-state index is 11.2. The Labute approximate surface area is 80.3 Å². The fraction of sp³-hybridized carbons (Fsp3) is 0.909. The Kier molecular flexibility index (Phi) is 2.44. The highest BCUT2D eigenvalue weighted by Crippen LogP contribution is 2.49. The van der Waals surface area contributed by atoms with E-state index in [2.05, 4.69) is 20.8 Å². The Morgan fingerprint density at radius 3 is 2.31 bits per heavy atom. The Balaban J connectivity index is 2.88. The number of carboxylic acids is 1. The highest BCUT2D eigenvalue weighted by Gasteiger charge is 2.46. The molecule has 0 aliphatic heterocycles. The molecular formula is C11H20O2. The molecule has 1 aliphatic carbocycles. The van der Waals surface area contributed by atoms with Crippen LogP contribution in [0.5, 0.6) is 0 Å². The van der Waals surface area contributed by atoms with Crippen LogP contribution in [0.4, 0.5) is 0 Å². The molecule has 1 fully saturated rings. The summed E-state index contributed by atoms with van der Waals surface area (Å²) in [7, 11) is 0. The van der Waals surface area contributed by atoms with E-state index < -0.39 is 11.4 Å². The summed E-state index contributed by atoms with van der Waals surface area (Å²) < 4.78 is 0. The van der Waals surface area contributed by atoms with E-state index >= 15 is 0 Å². The molecule has 2 nitrogen and oxygen atoms in total. The van der Waals surface area contributed by atoms with Crippen molar-refractivity contribution in [2.24, 2.45) is 16.7 Å². The molecule has 0 aromatic carbocycles. The van der Waals surface area contributed by atoms with Crippen molar-refractivity contribution in [1.29, 1.82) is 0 Å². The Hall–Kier alpha value is -0.530. The van der Waals surface area contributed by atoms with Crippen LogP contribution in [0.2, 0.25) is 0 Å². The molecule has 0 aromatic rings. The van der Waals surface area contributed by atoms with Crippen molar-refractivity contribution < 1.29 is 9.90 Å². The zero-order valence-electron chi connectivity index (χ0n) is 9.05. The third-order valence-corrected chi connectivity index (χ3v) is 3.68. The zero-order chi connectivity index (χ0) is 10.3. The first-order valence-electron chi connectivity index (χ1n) is 5.01. The Bertz CT molecular complexity index is 220. The normalized spacial score (nSPS) is 38.6. The van der Waals surface area contributed by atoms with Crippen LogP contribution >= 0.6 is 0 Å². The van der Waals surface area contributed by atoms with E-state index in [1.165, 1.54) is 0 Å². The summed E-state index contributed by atoms with van der Waals surface area (Å²) in [5, 5.41) is 9.20. The topological polar surface area (TPSA) is 37.3 Å². The smallest absolute Gasteiger partial charge is 0.309 e. The molecule has 0 heterocycles. The van der Waals surface area contributed by atoms with Crippen LogP contribution in [0.1, 0.15) is 47.0 Å². The highest BCUT2D eigenvalue weighted by molar-refractivity contribution is 5.74. The maximum Gasteiger partial charge on any atom is 0.309 e. The average molecular weight is 184 g/mol. The predicted molar refractivity (Wildman–Crippen MR) is 52.5 cm³/mol. The third kappa shape index (κ3) is 1.87. The quantitative estimate of drug-likeness (QED) is 0.680. The number of aliphatic carboxylic acids is 1. The molecule has 13 heavy (non-hydrogen) atoms. The lowest BCUT2D eigenvalue weighted by atomic mass is 9.60. The summed E-state index contributed by atoms with van der Waals surface area (Å²) in [5.74, 6) is -0.328. The van der Waals surface area contributed by atoms with Crippen molar-refractivity contribution in [3.8, 4) is 0 Å². The number of carboxylic acid groups (broad SMARTS) is 1. The Morgan fingerprint density at radius 2 is 1.92 bits per heavy atom. The van der Waals surface area contributed by atoms with Gasteiger partial charge in [-0.2, -0.15) is 0 Å². The zero-order valence-corrected chi connectivity index (χ0v) is 9.05. The molecule has 1 saturated carbocycles. The van der Waals surface area contributed by atoms with Crippen LogP contribution in [0, 0.1) is 16.7 Å². The van der Waals surface area contributed by atoms with Gasteiger partial charge >= 0.3 is 5.97 Å². The molecule has 2 unspecified atom stereocenters. The second-order valence-electron chi connectivity index (χ2n) is 5.50.